The molecule has 18 heavy (non-hydrogen) atoms. The van der Waals surface area contributed by atoms with E-state index in [1.165, 1.54) is 12.1 Å². The van der Waals surface area contributed by atoms with Gasteiger partial charge in [0.1, 0.15) is 11.9 Å². The third-order valence-corrected chi connectivity index (χ3v) is 3.84. The van der Waals surface area contributed by atoms with E-state index in [0.717, 1.165) is 12.8 Å². The lowest BCUT2D eigenvalue weighted by Gasteiger charge is -2.39. The lowest BCUT2D eigenvalue weighted by atomic mass is 9.88. The molecule has 0 aromatic heterocycles. The lowest BCUT2D eigenvalue weighted by Crippen LogP contribution is -2.46. The quantitative estimate of drug-likeness (QED) is 0.633. The molecule has 0 bridgehead atoms. The van der Waals surface area contributed by atoms with Gasteiger partial charge in [-0.1, -0.05) is 0 Å². The number of hydrogen-bond donors (Lipinski definition) is 0. The average molecular weight is 315 g/mol. The molecule has 1 aromatic rings. The van der Waals surface area contributed by atoms with Gasteiger partial charge in [0.2, 0.25) is 0 Å². The number of rotatable bonds is 4. The summed E-state index contributed by atoms with van der Waals surface area (Å²) in [4.78, 5) is 12.4. The zero-order valence-corrected chi connectivity index (χ0v) is 11.9. The first-order valence-electron chi connectivity index (χ1n) is 5.74. The summed E-state index contributed by atoms with van der Waals surface area (Å²) in [7, 11) is 4.12. The number of hydrogen-bond acceptors (Lipinski definition) is 4. The highest BCUT2D eigenvalue weighted by molar-refractivity contribution is 9.10. The molecule has 1 saturated carbocycles. The first-order valence-corrected chi connectivity index (χ1v) is 6.53. The summed E-state index contributed by atoms with van der Waals surface area (Å²) in [6.07, 6.45) is 2.20. The SMILES string of the molecule is CN(C)C1CC(Oc2ccc([N+](=O)[O-])cc2Br)C1. The Labute approximate surface area is 114 Å². The number of nitro groups is 1. The Morgan fingerprint density at radius 2 is 2.11 bits per heavy atom. The van der Waals surface area contributed by atoms with Crippen LogP contribution < -0.4 is 4.74 Å². The van der Waals surface area contributed by atoms with Crippen LogP contribution >= 0.6 is 15.9 Å². The van der Waals surface area contributed by atoms with Gasteiger partial charge in [-0.3, -0.25) is 10.1 Å². The molecule has 1 aliphatic carbocycles. The van der Waals surface area contributed by atoms with E-state index in [1.54, 1.807) is 6.07 Å². The normalized spacial score (nSPS) is 22.7. The monoisotopic (exact) mass is 314 g/mol. The molecule has 0 atom stereocenters. The van der Waals surface area contributed by atoms with Crippen LogP contribution in [0.25, 0.3) is 0 Å². The second-order valence-electron chi connectivity index (χ2n) is 4.70. The summed E-state index contributed by atoms with van der Waals surface area (Å²) in [5, 5.41) is 10.6. The summed E-state index contributed by atoms with van der Waals surface area (Å²) in [6.45, 7) is 0. The second-order valence-corrected chi connectivity index (χ2v) is 5.55. The van der Waals surface area contributed by atoms with Crippen molar-refractivity contribution in [2.75, 3.05) is 14.1 Å². The fraction of sp³-hybridized carbons (Fsp3) is 0.500. The molecule has 0 N–H and O–H groups in total. The van der Waals surface area contributed by atoms with Crippen LogP contribution in [0.15, 0.2) is 22.7 Å². The smallest absolute Gasteiger partial charge is 0.270 e. The molecule has 2 rings (SSSR count). The molecule has 0 unspecified atom stereocenters. The van der Waals surface area contributed by atoms with Crippen LogP contribution in [-0.2, 0) is 0 Å². The van der Waals surface area contributed by atoms with E-state index in [-0.39, 0.29) is 11.8 Å². The molecule has 6 heteroatoms. The second kappa shape index (κ2) is 5.24. The summed E-state index contributed by atoms with van der Waals surface area (Å²) in [5.74, 6) is 0.669. The summed E-state index contributed by atoms with van der Waals surface area (Å²) < 4.78 is 6.43. The minimum absolute atomic E-state index is 0.0639. The standard InChI is InChI=1S/C12H15BrN2O3/c1-14(2)9-5-10(6-9)18-12-4-3-8(15(16)17)7-11(12)13/h3-4,7,9-10H,5-6H2,1-2H3. The van der Waals surface area contributed by atoms with Crippen LogP contribution in [0, 0.1) is 10.1 Å². The van der Waals surface area contributed by atoms with E-state index in [2.05, 4.69) is 34.9 Å². The zero-order valence-electron chi connectivity index (χ0n) is 10.3. The summed E-state index contributed by atoms with van der Waals surface area (Å²) >= 11 is 3.30. The third-order valence-electron chi connectivity index (χ3n) is 3.22. The molecule has 1 aliphatic rings. The summed E-state index contributed by atoms with van der Waals surface area (Å²) in [5.41, 5.74) is 0.0639. The molecule has 0 aliphatic heterocycles. The molecule has 0 saturated heterocycles. The van der Waals surface area contributed by atoms with Crippen molar-refractivity contribution in [3.05, 3.63) is 32.8 Å². The highest BCUT2D eigenvalue weighted by Gasteiger charge is 2.32. The van der Waals surface area contributed by atoms with Gasteiger partial charge in [0.05, 0.1) is 9.40 Å². The Balaban J connectivity index is 1.97. The van der Waals surface area contributed by atoms with Crippen molar-refractivity contribution in [3.8, 4) is 5.75 Å². The average Bonchev–Trinajstić information content (AvgIpc) is 2.23. The predicted octanol–water partition coefficient (Wildman–Crippen LogP) is 2.83. The Morgan fingerprint density at radius 3 is 2.61 bits per heavy atom. The maximum absolute atomic E-state index is 10.6. The molecule has 0 spiro atoms. The van der Waals surface area contributed by atoms with Gasteiger partial charge in [-0.15, -0.1) is 0 Å². The van der Waals surface area contributed by atoms with Gasteiger partial charge in [0, 0.05) is 18.2 Å². The van der Waals surface area contributed by atoms with Gasteiger partial charge < -0.3 is 9.64 Å². The minimum Gasteiger partial charge on any atom is -0.489 e. The van der Waals surface area contributed by atoms with E-state index in [1.807, 2.05) is 0 Å². The molecular weight excluding hydrogens is 300 g/mol. The van der Waals surface area contributed by atoms with Crippen molar-refractivity contribution < 1.29 is 9.66 Å². The minimum atomic E-state index is -0.417. The van der Waals surface area contributed by atoms with Crippen molar-refractivity contribution in [3.63, 3.8) is 0 Å². The molecule has 1 fully saturated rings. The number of non-ortho nitro benzene ring substituents is 1. The highest BCUT2D eigenvalue weighted by Crippen LogP contribution is 2.34. The maximum Gasteiger partial charge on any atom is 0.270 e. The number of ether oxygens (including phenoxy) is 1. The van der Waals surface area contributed by atoms with Crippen LogP contribution in [0.3, 0.4) is 0 Å². The Bertz CT molecular complexity index is 459. The van der Waals surface area contributed by atoms with Crippen molar-refractivity contribution in [2.24, 2.45) is 0 Å². The fourth-order valence-electron chi connectivity index (χ4n) is 1.93. The largest absolute Gasteiger partial charge is 0.489 e. The van der Waals surface area contributed by atoms with Crippen molar-refractivity contribution in [1.29, 1.82) is 0 Å². The van der Waals surface area contributed by atoms with E-state index < -0.39 is 4.92 Å². The Hall–Kier alpha value is -1.14. The first-order chi connectivity index (χ1) is 8.47. The van der Waals surface area contributed by atoms with Crippen LogP contribution in [0.5, 0.6) is 5.75 Å². The number of halogens is 1. The fourth-order valence-corrected chi connectivity index (χ4v) is 2.39. The molecule has 0 heterocycles. The Morgan fingerprint density at radius 1 is 1.44 bits per heavy atom. The molecule has 98 valence electrons. The van der Waals surface area contributed by atoms with E-state index >= 15 is 0 Å². The molecule has 0 amide bonds. The highest BCUT2D eigenvalue weighted by atomic mass is 79.9. The van der Waals surface area contributed by atoms with Crippen LogP contribution in [0.2, 0.25) is 0 Å². The van der Waals surface area contributed by atoms with E-state index in [4.69, 9.17) is 4.74 Å². The number of benzene rings is 1. The summed E-state index contributed by atoms with van der Waals surface area (Å²) in [6, 6.07) is 5.15. The molecular formula is C12H15BrN2O3. The van der Waals surface area contributed by atoms with Gasteiger partial charge >= 0.3 is 0 Å². The Kier molecular flexibility index (Phi) is 3.87. The maximum atomic E-state index is 10.6. The third kappa shape index (κ3) is 2.81. The van der Waals surface area contributed by atoms with Gasteiger partial charge in [0.25, 0.3) is 5.69 Å². The van der Waals surface area contributed by atoms with Crippen molar-refractivity contribution >= 4 is 21.6 Å². The molecule has 1 aromatic carbocycles. The van der Waals surface area contributed by atoms with Gasteiger partial charge in [0.15, 0.2) is 0 Å². The first kappa shape index (κ1) is 13.3. The van der Waals surface area contributed by atoms with Crippen molar-refractivity contribution in [1.82, 2.24) is 4.90 Å². The zero-order chi connectivity index (χ0) is 13.3. The van der Waals surface area contributed by atoms with Gasteiger partial charge in [-0.05, 0) is 48.9 Å². The van der Waals surface area contributed by atoms with E-state index in [9.17, 15) is 10.1 Å². The van der Waals surface area contributed by atoms with Crippen LogP contribution in [-0.4, -0.2) is 36.1 Å². The van der Waals surface area contributed by atoms with Gasteiger partial charge in [-0.2, -0.15) is 0 Å². The number of nitrogens with zero attached hydrogens (tertiary/aromatic N) is 2. The van der Waals surface area contributed by atoms with Crippen LogP contribution in [0.1, 0.15) is 12.8 Å². The van der Waals surface area contributed by atoms with Crippen molar-refractivity contribution in [2.45, 2.75) is 25.0 Å². The predicted molar refractivity (Wildman–Crippen MR) is 71.9 cm³/mol. The topological polar surface area (TPSA) is 55.6 Å². The molecule has 5 nitrogen and oxygen atoms in total. The molecule has 0 radical (unpaired) electrons. The lowest BCUT2D eigenvalue weighted by molar-refractivity contribution is -0.385. The van der Waals surface area contributed by atoms with Gasteiger partial charge in [-0.25, -0.2) is 0 Å². The van der Waals surface area contributed by atoms with E-state index in [0.29, 0.717) is 16.3 Å². The number of nitro benzene ring substituents is 1. The van der Waals surface area contributed by atoms with Crippen LogP contribution in [0.4, 0.5) is 5.69 Å².